The van der Waals surface area contributed by atoms with Gasteiger partial charge < -0.3 is 4.90 Å². The van der Waals surface area contributed by atoms with Crippen LogP contribution in [-0.4, -0.2) is 4.57 Å². The zero-order valence-electron chi connectivity index (χ0n) is 29.4. The van der Waals surface area contributed by atoms with Crippen LogP contribution in [-0.2, 0) is 0 Å². The van der Waals surface area contributed by atoms with Gasteiger partial charge in [0, 0.05) is 27.8 Å². The van der Waals surface area contributed by atoms with Gasteiger partial charge in [0.2, 0.25) is 0 Å². The summed E-state index contributed by atoms with van der Waals surface area (Å²) in [5.41, 5.74) is 13.0. The maximum atomic E-state index is 13.9. The number of aromatic nitrogens is 1. The summed E-state index contributed by atoms with van der Waals surface area (Å²) in [6.07, 6.45) is 0. The predicted molar refractivity (Wildman–Crippen MR) is 223 cm³/mol. The summed E-state index contributed by atoms with van der Waals surface area (Å²) in [5, 5.41) is 2.77. The van der Waals surface area contributed by atoms with Crippen molar-refractivity contribution in [3.63, 3.8) is 0 Å². The van der Waals surface area contributed by atoms with Gasteiger partial charge in [-0.1, -0.05) is 140 Å². The Balaban J connectivity index is 1.08. The lowest BCUT2D eigenvalue weighted by molar-refractivity contribution is 1.04. The Morgan fingerprint density at radius 1 is 0.377 bits per heavy atom. The summed E-state index contributed by atoms with van der Waals surface area (Å²) in [4.78, 5) is 16.2. The van der Waals surface area contributed by atoms with Crippen molar-refractivity contribution >= 4 is 38.7 Å². The van der Waals surface area contributed by atoms with E-state index in [0.29, 0.717) is 0 Å². The smallest absolute Gasteiger partial charge is 0.263 e. The van der Waals surface area contributed by atoms with E-state index in [1.54, 1.807) is 0 Å². The molecule has 0 saturated heterocycles. The summed E-state index contributed by atoms with van der Waals surface area (Å²) in [7, 11) is 0. The Labute approximate surface area is 309 Å². The highest BCUT2D eigenvalue weighted by molar-refractivity contribution is 6.06. The van der Waals surface area contributed by atoms with E-state index in [0.717, 1.165) is 61.1 Å². The molecule has 0 saturated carbocycles. The highest BCUT2D eigenvalue weighted by atomic mass is 16.1. The average Bonchev–Trinajstić information content (AvgIpc) is 3.23. The minimum absolute atomic E-state index is 0.00630. The van der Waals surface area contributed by atoms with E-state index in [4.69, 9.17) is 0 Å². The zero-order valence-corrected chi connectivity index (χ0v) is 29.4. The third-order valence-corrected chi connectivity index (χ3v) is 10.2. The Hall–Kier alpha value is -6.97. The first-order chi connectivity index (χ1) is 26.1. The summed E-state index contributed by atoms with van der Waals surface area (Å²) in [6, 6.07) is 69.7. The molecule has 0 aliphatic carbocycles. The number of nitrogens with zero attached hydrogens (tertiary/aromatic N) is 2. The van der Waals surface area contributed by atoms with Crippen molar-refractivity contribution in [1.29, 1.82) is 0 Å². The average molecular weight is 681 g/mol. The molecule has 1 aromatic heterocycles. The van der Waals surface area contributed by atoms with E-state index in [1.165, 1.54) is 22.3 Å². The topological polar surface area (TPSA) is 25.2 Å². The van der Waals surface area contributed by atoms with Gasteiger partial charge in [-0.3, -0.25) is 9.36 Å². The number of pyridine rings is 1. The van der Waals surface area contributed by atoms with Gasteiger partial charge in [-0.25, -0.2) is 0 Å². The molecule has 53 heavy (non-hydrogen) atoms. The van der Waals surface area contributed by atoms with Crippen molar-refractivity contribution in [2.45, 2.75) is 6.92 Å². The molecule has 3 nitrogen and oxygen atoms in total. The molecule has 0 radical (unpaired) electrons. The summed E-state index contributed by atoms with van der Waals surface area (Å²) in [5.74, 6) is 0. The Kier molecular flexibility index (Phi) is 8.22. The fraction of sp³-hybridized carbons (Fsp3) is 0.0200. The molecular formula is C50H36N2O. The molecule has 0 fully saturated rings. The van der Waals surface area contributed by atoms with Crippen LogP contribution in [0, 0.1) is 6.92 Å². The minimum atomic E-state index is -0.00630. The van der Waals surface area contributed by atoms with Crippen LogP contribution in [0.5, 0.6) is 0 Å². The van der Waals surface area contributed by atoms with Crippen LogP contribution < -0.4 is 10.5 Å². The summed E-state index contributed by atoms with van der Waals surface area (Å²) < 4.78 is 1.86. The first-order valence-corrected chi connectivity index (χ1v) is 18.0. The minimum Gasteiger partial charge on any atom is -0.311 e. The van der Waals surface area contributed by atoms with E-state index in [-0.39, 0.29) is 5.56 Å². The van der Waals surface area contributed by atoms with E-state index in [9.17, 15) is 4.79 Å². The van der Waals surface area contributed by atoms with Crippen molar-refractivity contribution < 1.29 is 0 Å². The molecule has 9 aromatic rings. The van der Waals surface area contributed by atoms with Gasteiger partial charge in [0.1, 0.15) is 0 Å². The van der Waals surface area contributed by atoms with Crippen LogP contribution in [0.1, 0.15) is 5.56 Å². The van der Waals surface area contributed by atoms with Crippen molar-refractivity contribution in [3.05, 3.63) is 216 Å². The highest BCUT2D eigenvalue weighted by Gasteiger charge is 2.16. The van der Waals surface area contributed by atoms with E-state index in [1.807, 2.05) is 59.2 Å². The Morgan fingerprint density at radius 3 is 1.28 bits per heavy atom. The third-order valence-electron chi connectivity index (χ3n) is 10.2. The molecule has 0 N–H and O–H groups in total. The standard InChI is InChI=1S/C50H36N2O/c1-35-34-41(26-33-48(35)52-49-19-11-10-17-46(49)45-16-8-9-18-47(45)50(52)53)40-24-31-44(32-25-40)51(42-27-20-38(21-28-42)36-12-4-2-5-13-36)43-29-22-39(23-30-43)37-14-6-3-7-15-37/h2-34H,1H3. The van der Waals surface area contributed by atoms with Gasteiger partial charge in [-0.05, 0) is 112 Å². The number of aryl methyl sites for hydroxylation is 1. The monoisotopic (exact) mass is 680 g/mol. The second-order valence-corrected chi connectivity index (χ2v) is 13.4. The Bertz CT molecular complexity index is 2690. The molecule has 0 bridgehead atoms. The number of anilines is 3. The molecule has 0 aliphatic rings. The van der Waals surface area contributed by atoms with Gasteiger partial charge in [-0.2, -0.15) is 0 Å². The van der Waals surface area contributed by atoms with E-state index < -0.39 is 0 Å². The quantitative estimate of drug-likeness (QED) is 0.157. The molecule has 0 aliphatic heterocycles. The number of benzene rings is 8. The van der Waals surface area contributed by atoms with E-state index >= 15 is 0 Å². The van der Waals surface area contributed by atoms with Crippen LogP contribution in [0.4, 0.5) is 17.1 Å². The molecule has 0 unspecified atom stereocenters. The third kappa shape index (κ3) is 5.98. The number of hydrogen-bond acceptors (Lipinski definition) is 2. The fourth-order valence-electron chi connectivity index (χ4n) is 7.47. The fourth-order valence-corrected chi connectivity index (χ4v) is 7.47. The van der Waals surface area contributed by atoms with Crippen LogP contribution in [0.15, 0.2) is 205 Å². The van der Waals surface area contributed by atoms with Crippen molar-refractivity contribution in [2.24, 2.45) is 0 Å². The van der Waals surface area contributed by atoms with E-state index in [2.05, 4.69) is 157 Å². The predicted octanol–water partition coefficient (Wildman–Crippen LogP) is 12.9. The second-order valence-electron chi connectivity index (χ2n) is 13.4. The van der Waals surface area contributed by atoms with Gasteiger partial charge in [0.25, 0.3) is 5.56 Å². The first-order valence-electron chi connectivity index (χ1n) is 18.0. The number of hydrogen-bond donors (Lipinski definition) is 0. The van der Waals surface area contributed by atoms with Crippen molar-refractivity contribution in [3.8, 4) is 39.1 Å². The lowest BCUT2D eigenvalue weighted by Gasteiger charge is -2.26. The Morgan fingerprint density at radius 2 is 0.774 bits per heavy atom. The molecule has 3 heteroatoms. The van der Waals surface area contributed by atoms with Gasteiger partial charge in [-0.15, -0.1) is 0 Å². The number of rotatable bonds is 7. The van der Waals surface area contributed by atoms with Crippen LogP contribution in [0.2, 0.25) is 0 Å². The molecule has 1 heterocycles. The summed E-state index contributed by atoms with van der Waals surface area (Å²) in [6.45, 7) is 2.09. The second kappa shape index (κ2) is 13.6. The SMILES string of the molecule is Cc1cc(-c2ccc(N(c3ccc(-c4ccccc4)cc3)c3ccc(-c4ccccc4)cc3)cc2)ccc1-n1c(=O)c2ccccc2c2ccccc21. The largest absolute Gasteiger partial charge is 0.311 e. The first kappa shape index (κ1) is 32.0. The maximum Gasteiger partial charge on any atom is 0.263 e. The molecule has 252 valence electrons. The number of para-hydroxylation sites is 1. The van der Waals surface area contributed by atoms with Crippen molar-refractivity contribution in [1.82, 2.24) is 4.57 Å². The molecule has 8 aromatic carbocycles. The highest BCUT2D eigenvalue weighted by Crippen LogP contribution is 2.38. The van der Waals surface area contributed by atoms with Crippen LogP contribution in [0.3, 0.4) is 0 Å². The van der Waals surface area contributed by atoms with Crippen molar-refractivity contribution in [2.75, 3.05) is 4.90 Å². The lowest BCUT2D eigenvalue weighted by atomic mass is 10.0. The molecule has 0 amide bonds. The van der Waals surface area contributed by atoms with Crippen LogP contribution >= 0.6 is 0 Å². The molecule has 0 spiro atoms. The van der Waals surface area contributed by atoms with Gasteiger partial charge in [0.15, 0.2) is 0 Å². The number of fused-ring (bicyclic) bond motifs is 3. The van der Waals surface area contributed by atoms with Crippen LogP contribution in [0.25, 0.3) is 60.7 Å². The summed E-state index contributed by atoms with van der Waals surface area (Å²) >= 11 is 0. The molecule has 0 atom stereocenters. The molecular weight excluding hydrogens is 645 g/mol. The molecule has 9 rings (SSSR count). The normalized spacial score (nSPS) is 11.2. The maximum absolute atomic E-state index is 13.9. The van der Waals surface area contributed by atoms with Gasteiger partial charge >= 0.3 is 0 Å². The lowest BCUT2D eigenvalue weighted by Crippen LogP contribution is -2.20. The van der Waals surface area contributed by atoms with Gasteiger partial charge in [0.05, 0.1) is 11.2 Å². The zero-order chi connectivity index (χ0) is 35.7.